The fraction of sp³-hybridized carbons (Fsp3) is 0.714. The summed E-state index contributed by atoms with van der Waals surface area (Å²) in [5, 5.41) is 0. The number of nitrogens with two attached hydrogens (primary N) is 1. The molecule has 96 valence electrons. The fourth-order valence-electron chi connectivity index (χ4n) is 2.70. The highest BCUT2D eigenvalue weighted by molar-refractivity contribution is 7.12. The van der Waals surface area contributed by atoms with Gasteiger partial charge in [-0.1, -0.05) is 13.8 Å². The maximum absolute atomic E-state index is 6.18. The van der Waals surface area contributed by atoms with Crippen molar-refractivity contribution in [3.8, 4) is 0 Å². The van der Waals surface area contributed by atoms with Gasteiger partial charge in [-0.3, -0.25) is 4.90 Å². The van der Waals surface area contributed by atoms with Crippen molar-refractivity contribution in [3.05, 3.63) is 21.4 Å². The van der Waals surface area contributed by atoms with Gasteiger partial charge < -0.3 is 5.73 Å². The third kappa shape index (κ3) is 2.90. The Bertz CT molecular complexity index is 395. The largest absolute Gasteiger partial charge is 0.327 e. The highest BCUT2D eigenvalue weighted by Crippen LogP contribution is 2.30. The zero-order valence-corrected chi connectivity index (χ0v) is 12.2. The standard InChI is InChI=1S/C14H24N2S/c1-10-7-12(11(2)17-10)8-16-6-5-13(15)14(3,4)9-16/h7,13H,5-6,8-9,15H2,1-4H3. The molecule has 1 aliphatic rings. The van der Waals surface area contributed by atoms with Crippen molar-refractivity contribution >= 4 is 11.3 Å². The number of hydrogen-bond donors (Lipinski definition) is 1. The first-order chi connectivity index (χ1) is 7.88. The third-order valence-electron chi connectivity index (χ3n) is 3.93. The molecular formula is C14H24N2S. The molecule has 1 aliphatic heterocycles. The van der Waals surface area contributed by atoms with Crippen molar-refractivity contribution in [2.24, 2.45) is 11.1 Å². The van der Waals surface area contributed by atoms with E-state index in [1.807, 2.05) is 11.3 Å². The first-order valence-corrected chi connectivity index (χ1v) is 7.24. The summed E-state index contributed by atoms with van der Waals surface area (Å²) in [7, 11) is 0. The zero-order chi connectivity index (χ0) is 12.6. The first kappa shape index (κ1) is 13.1. The summed E-state index contributed by atoms with van der Waals surface area (Å²) in [4.78, 5) is 5.44. The van der Waals surface area contributed by atoms with Gasteiger partial charge in [-0.15, -0.1) is 11.3 Å². The Kier molecular flexibility index (Phi) is 3.62. The Balaban J connectivity index is 2.03. The van der Waals surface area contributed by atoms with E-state index in [0.29, 0.717) is 6.04 Å². The second-order valence-corrected chi connectivity index (χ2v) is 7.49. The van der Waals surface area contributed by atoms with Crippen LogP contribution in [0.3, 0.4) is 0 Å². The van der Waals surface area contributed by atoms with E-state index < -0.39 is 0 Å². The predicted molar refractivity (Wildman–Crippen MR) is 75.4 cm³/mol. The molecule has 0 bridgehead atoms. The summed E-state index contributed by atoms with van der Waals surface area (Å²) in [5.41, 5.74) is 7.92. The van der Waals surface area contributed by atoms with Crippen molar-refractivity contribution in [1.82, 2.24) is 4.90 Å². The SMILES string of the molecule is Cc1cc(CN2CCC(N)C(C)(C)C2)c(C)s1. The van der Waals surface area contributed by atoms with Crippen LogP contribution in [0.1, 0.15) is 35.6 Å². The van der Waals surface area contributed by atoms with Crippen LogP contribution in [0.15, 0.2) is 6.07 Å². The molecule has 1 aromatic heterocycles. The second kappa shape index (κ2) is 4.71. The van der Waals surface area contributed by atoms with Gasteiger partial charge in [-0.2, -0.15) is 0 Å². The summed E-state index contributed by atoms with van der Waals surface area (Å²) < 4.78 is 0. The molecule has 1 fully saturated rings. The smallest absolute Gasteiger partial charge is 0.0245 e. The van der Waals surface area contributed by atoms with Crippen LogP contribution in [0, 0.1) is 19.3 Å². The Morgan fingerprint density at radius 3 is 2.71 bits per heavy atom. The second-order valence-electron chi connectivity index (χ2n) is 6.03. The lowest BCUT2D eigenvalue weighted by Crippen LogP contribution is -2.52. The monoisotopic (exact) mass is 252 g/mol. The number of nitrogens with zero attached hydrogens (tertiary/aromatic N) is 1. The van der Waals surface area contributed by atoms with Gasteiger partial charge in [0.15, 0.2) is 0 Å². The Morgan fingerprint density at radius 1 is 1.47 bits per heavy atom. The van der Waals surface area contributed by atoms with Gasteiger partial charge in [-0.05, 0) is 37.3 Å². The third-order valence-corrected chi connectivity index (χ3v) is 4.94. The van der Waals surface area contributed by atoms with E-state index in [0.717, 1.165) is 26.1 Å². The molecule has 2 N–H and O–H groups in total. The average Bonchev–Trinajstić information content (AvgIpc) is 2.51. The van der Waals surface area contributed by atoms with Gasteiger partial charge in [-0.25, -0.2) is 0 Å². The molecule has 1 aromatic rings. The van der Waals surface area contributed by atoms with Crippen LogP contribution in [0.2, 0.25) is 0 Å². The van der Waals surface area contributed by atoms with Gasteiger partial charge in [0, 0.05) is 35.4 Å². The minimum atomic E-state index is 0.247. The van der Waals surface area contributed by atoms with Crippen LogP contribution in [-0.2, 0) is 6.54 Å². The molecule has 1 saturated heterocycles. The molecule has 0 aliphatic carbocycles. The van der Waals surface area contributed by atoms with Crippen molar-refractivity contribution in [1.29, 1.82) is 0 Å². The molecular weight excluding hydrogens is 228 g/mol. The van der Waals surface area contributed by atoms with Gasteiger partial charge in [0.2, 0.25) is 0 Å². The normalized spacial score (nSPS) is 25.1. The molecule has 17 heavy (non-hydrogen) atoms. The zero-order valence-electron chi connectivity index (χ0n) is 11.4. The number of hydrogen-bond acceptors (Lipinski definition) is 3. The van der Waals surface area contributed by atoms with E-state index in [4.69, 9.17) is 5.73 Å². The minimum absolute atomic E-state index is 0.247. The van der Waals surface area contributed by atoms with Crippen LogP contribution in [0.5, 0.6) is 0 Å². The molecule has 0 amide bonds. The first-order valence-electron chi connectivity index (χ1n) is 6.42. The lowest BCUT2D eigenvalue weighted by molar-refractivity contribution is 0.0898. The molecule has 3 heteroatoms. The maximum atomic E-state index is 6.18. The average molecular weight is 252 g/mol. The van der Waals surface area contributed by atoms with Gasteiger partial charge in [0.25, 0.3) is 0 Å². The molecule has 0 radical (unpaired) electrons. The summed E-state index contributed by atoms with van der Waals surface area (Å²) >= 11 is 1.91. The molecule has 1 unspecified atom stereocenters. The maximum Gasteiger partial charge on any atom is 0.0245 e. The highest BCUT2D eigenvalue weighted by atomic mass is 32.1. The lowest BCUT2D eigenvalue weighted by atomic mass is 9.79. The van der Waals surface area contributed by atoms with Crippen LogP contribution >= 0.6 is 11.3 Å². The number of likely N-dealkylation sites (tertiary alicyclic amines) is 1. The lowest BCUT2D eigenvalue weighted by Gasteiger charge is -2.42. The molecule has 2 nitrogen and oxygen atoms in total. The van der Waals surface area contributed by atoms with Crippen molar-refractivity contribution < 1.29 is 0 Å². The molecule has 2 rings (SSSR count). The topological polar surface area (TPSA) is 29.3 Å². The quantitative estimate of drug-likeness (QED) is 0.877. The van der Waals surface area contributed by atoms with Crippen molar-refractivity contribution in [3.63, 3.8) is 0 Å². The van der Waals surface area contributed by atoms with Crippen LogP contribution in [0.4, 0.5) is 0 Å². The molecule has 0 spiro atoms. The Hall–Kier alpha value is -0.380. The molecule has 1 atom stereocenters. The van der Waals surface area contributed by atoms with Gasteiger partial charge in [0.1, 0.15) is 0 Å². The van der Waals surface area contributed by atoms with Crippen LogP contribution in [0.25, 0.3) is 0 Å². The van der Waals surface area contributed by atoms with Gasteiger partial charge >= 0.3 is 0 Å². The van der Waals surface area contributed by atoms with E-state index in [9.17, 15) is 0 Å². The number of piperidine rings is 1. The van der Waals surface area contributed by atoms with Crippen molar-refractivity contribution in [2.75, 3.05) is 13.1 Å². The Morgan fingerprint density at radius 2 is 2.18 bits per heavy atom. The minimum Gasteiger partial charge on any atom is -0.327 e. The number of thiophene rings is 1. The van der Waals surface area contributed by atoms with E-state index in [2.05, 4.69) is 38.7 Å². The molecule has 0 aromatic carbocycles. The van der Waals surface area contributed by atoms with Crippen LogP contribution in [-0.4, -0.2) is 24.0 Å². The number of aryl methyl sites for hydroxylation is 2. The Labute approximate surface area is 109 Å². The van der Waals surface area contributed by atoms with E-state index in [1.54, 1.807) is 0 Å². The van der Waals surface area contributed by atoms with Crippen LogP contribution < -0.4 is 5.73 Å². The van der Waals surface area contributed by atoms with E-state index in [1.165, 1.54) is 15.3 Å². The predicted octanol–water partition coefficient (Wildman–Crippen LogP) is 2.92. The summed E-state index contributed by atoms with van der Waals surface area (Å²) in [5.74, 6) is 0. The molecule has 0 saturated carbocycles. The van der Waals surface area contributed by atoms with E-state index >= 15 is 0 Å². The van der Waals surface area contributed by atoms with E-state index in [-0.39, 0.29) is 5.41 Å². The highest BCUT2D eigenvalue weighted by Gasteiger charge is 2.33. The summed E-state index contributed by atoms with van der Waals surface area (Å²) in [6.45, 7) is 12.3. The number of rotatable bonds is 2. The summed E-state index contributed by atoms with van der Waals surface area (Å²) in [6.07, 6.45) is 1.12. The summed E-state index contributed by atoms with van der Waals surface area (Å²) in [6, 6.07) is 2.69. The fourth-order valence-corrected chi connectivity index (χ4v) is 3.64. The van der Waals surface area contributed by atoms with Crippen molar-refractivity contribution in [2.45, 2.75) is 46.7 Å². The van der Waals surface area contributed by atoms with Gasteiger partial charge in [0.05, 0.1) is 0 Å². The molecule has 2 heterocycles.